The number of hydrogen-bond donors (Lipinski definition) is 3. The third kappa shape index (κ3) is 3.46. The number of nitrogens with one attached hydrogen (secondary N) is 2. The van der Waals surface area contributed by atoms with E-state index in [1.807, 2.05) is 0 Å². The number of phenols is 1. The van der Waals surface area contributed by atoms with Crippen molar-refractivity contribution >= 4 is 11.6 Å². The first-order chi connectivity index (χ1) is 8.25. The van der Waals surface area contributed by atoms with E-state index in [1.54, 1.807) is 24.3 Å². The Labute approximate surface area is 101 Å². The van der Waals surface area contributed by atoms with Gasteiger partial charge in [-0.3, -0.25) is 4.79 Å². The normalized spacial score (nSPS) is 20.6. The molecule has 0 spiro atoms. The molecule has 2 rings (SSSR count). The predicted octanol–water partition coefficient (Wildman–Crippen LogP) is 1.86. The predicted molar refractivity (Wildman–Crippen MR) is 67.0 cm³/mol. The lowest BCUT2D eigenvalue weighted by atomic mass is 10.1. The van der Waals surface area contributed by atoms with Gasteiger partial charge in [-0.15, -0.1) is 0 Å². The number of benzene rings is 1. The highest BCUT2D eigenvalue weighted by molar-refractivity contribution is 5.94. The van der Waals surface area contributed by atoms with Crippen molar-refractivity contribution in [2.75, 3.05) is 11.9 Å². The molecule has 3 N–H and O–H groups in total. The molecule has 1 saturated heterocycles. The van der Waals surface area contributed by atoms with Crippen LogP contribution in [0.15, 0.2) is 24.3 Å². The third-order valence-corrected chi connectivity index (χ3v) is 3.01. The molecule has 1 heterocycles. The second-order valence-electron chi connectivity index (χ2n) is 4.39. The molecule has 1 aromatic rings. The molecule has 0 bridgehead atoms. The van der Waals surface area contributed by atoms with Gasteiger partial charge in [-0.05, 0) is 43.7 Å². The number of phenolic OH excluding ortho intramolecular Hbond substituents is 1. The van der Waals surface area contributed by atoms with E-state index < -0.39 is 0 Å². The summed E-state index contributed by atoms with van der Waals surface area (Å²) < 4.78 is 0. The topological polar surface area (TPSA) is 61.4 Å². The summed E-state index contributed by atoms with van der Waals surface area (Å²) in [5, 5.41) is 15.3. The number of amides is 1. The molecule has 0 unspecified atom stereocenters. The minimum absolute atomic E-state index is 0.0117. The number of anilines is 1. The Morgan fingerprint density at radius 3 is 2.76 bits per heavy atom. The van der Waals surface area contributed by atoms with Gasteiger partial charge in [0.25, 0.3) is 0 Å². The zero-order chi connectivity index (χ0) is 12.1. The molecule has 1 aromatic carbocycles. The summed E-state index contributed by atoms with van der Waals surface area (Å²) in [6.45, 7) is 0.910. The fourth-order valence-electron chi connectivity index (χ4n) is 2.03. The zero-order valence-corrected chi connectivity index (χ0v) is 9.78. The van der Waals surface area contributed by atoms with Crippen LogP contribution in [0.5, 0.6) is 5.75 Å². The van der Waals surface area contributed by atoms with Crippen LogP contribution in [-0.2, 0) is 4.79 Å². The summed E-state index contributed by atoms with van der Waals surface area (Å²) in [4.78, 5) is 12.0. The van der Waals surface area contributed by atoms with Crippen molar-refractivity contribution in [3.05, 3.63) is 24.3 Å². The van der Waals surface area contributed by atoms with E-state index in [9.17, 15) is 4.79 Å². The number of aromatic hydroxyl groups is 1. The highest BCUT2D eigenvalue weighted by Gasteiger charge is 2.19. The van der Waals surface area contributed by atoms with Crippen LogP contribution in [0.3, 0.4) is 0 Å². The minimum atomic E-state index is -0.0914. The lowest BCUT2D eigenvalue weighted by Crippen LogP contribution is -2.39. The van der Waals surface area contributed by atoms with E-state index in [1.165, 1.54) is 6.42 Å². The molecule has 1 fully saturated rings. The Kier molecular flexibility index (Phi) is 3.98. The maximum Gasteiger partial charge on any atom is 0.241 e. The number of hydrogen-bond acceptors (Lipinski definition) is 3. The van der Waals surface area contributed by atoms with E-state index in [-0.39, 0.29) is 17.7 Å². The zero-order valence-electron chi connectivity index (χ0n) is 9.78. The van der Waals surface area contributed by atoms with Crippen LogP contribution in [0.1, 0.15) is 25.7 Å². The van der Waals surface area contributed by atoms with E-state index in [2.05, 4.69) is 10.6 Å². The summed E-state index contributed by atoms with van der Waals surface area (Å²) in [5.41, 5.74) is 0.721. The maximum absolute atomic E-state index is 12.0. The van der Waals surface area contributed by atoms with Gasteiger partial charge in [0.05, 0.1) is 6.04 Å². The second kappa shape index (κ2) is 5.68. The summed E-state index contributed by atoms with van der Waals surface area (Å²) in [6.07, 6.45) is 4.32. The number of carbonyl (C=O) groups is 1. The van der Waals surface area contributed by atoms with Crippen molar-refractivity contribution in [3.63, 3.8) is 0 Å². The average Bonchev–Trinajstić information content (AvgIpc) is 2.61. The minimum Gasteiger partial charge on any atom is -0.508 e. The maximum atomic E-state index is 12.0. The number of rotatable bonds is 2. The van der Waals surface area contributed by atoms with Gasteiger partial charge in [0.1, 0.15) is 5.75 Å². The number of carbonyl (C=O) groups excluding carboxylic acids is 1. The van der Waals surface area contributed by atoms with Crippen LogP contribution in [0, 0.1) is 0 Å². The van der Waals surface area contributed by atoms with E-state index in [0.717, 1.165) is 31.5 Å². The Morgan fingerprint density at radius 1 is 1.24 bits per heavy atom. The first-order valence-corrected chi connectivity index (χ1v) is 6.09. The molecular weight excluding hydrogens is 216 g/mol. The smallest absolute Gasteiger partial charge is 0.241 e. The Balaban J connectivity index is 1.93. The largest absolute Gasteiger partial charge is 0.508 e. The molecule has 1 aliphatic rings. The third-order valence-electron chi connectivity index (χ3n) is 3.01. The standard InChI is InChI=1S/C13H18N2O2/c16-11-7-5-10(6-8-11)15-13(17)12-4-2-1-3-9-14-12/h5-8,12,14,16H,1-4,9H2,(H,15,17)/t12-/m1/s1. The highest BCUT2D eigenvalue weighted by atomic mass is 16.3. The van der Waals surface area contributed by atoms with Crippen molar-refractivity contribution in [1.29, 1.82) is 0 Å². The fourth-order valence-corrected chi connectivity index (χ4v) is 2.03. The first-order valence-electron chi connectivity index (χ1n) is 6.09. The molecule has 0 saturated carbocycles. The monoisotopic (exact) mass is 234 g/mol. The molecule has 0 radical (unpaired) electrons. The van der Waals surface area contributed by atoms with Crippen molar-refractivity contribution in [2.24, 2.45) is 0 Å². The van der Waals surface area contributed by atoms with Gasteiger partial charge in [-0.25, -0.2) is 0 Å². The van der Waals surface area contributed by atoms with Gasteiger partial charge in [0, 0.05) is 5.69 Å². The second-order valence-corrected chi connectivity index (χ2v) is 4.39. The van der Waals surface area contributed by atoms with Crippen molar-refractivity contribution < 1.29 is 9.90 Å². The Bertz CT molecular complexity index is 368. The van der Waals surface area contributed by atoms with Crippen LogP contribution in [0.25, 0.3) is 0 Å². The van der Waals surface area contributed by atoms with Gasteiger partial charge >= 0.3 is 0 Å². The van der Waals surface area contributed by atoms with Crippen LogP contribution in [-0.4, -0.2) is 23.6 Å². The van der Waals surface area contributed by atoms with Gasteiger partial charge < -0.3 is 15.7 Å². The molecule has 1 amide bonds. The summed E-state index contributed by atoms with van der Waals surface area (Å²) in [5.74, 6) is 0.216. The quantitative estimate of drug-likeness (QED) is 0.684. The van der Waals surface area contributed by atoms with Gasteiger partial charge in [-0.2, -0.15) is 0 Å². The molecular formula is C13H18N2O2. The Morgan fingerprint density at radius 2 is 2.00 bits per heavy atom. The van der Waals surface area contributed by atoms with E-state index in [4.69, 9.17) is 5.11 Å². The molecule has 1 atom stereocenters. The molecule has 4 heteroatoms. The SMILES string of the molecule is O=C(Nc1ccc(O)cc1)[C@H]1CCCCCN1. The average molecular weight is 234 g/mol. The fraction of sp³-hybridized carbons (Fsp3) is 0.462. The van der Waals surface area contributed by atoms with Crippen molar-refractivity contribution in [2.45, 2.75) is 31.7 Å². The van der Waals surface area contributed by atoms with Crippen molar-refractivity contribution in [3.8, 4) is 5.75 Å². The van der Waals surface area contributed by atoms with E-state index >= 15 is 0 Å². The molecule has 4 nitrogen and oxygen atoms in total. The molecule has 1 aliphatic heterocycles. The molecule has 0 aromatic heterocycles. The highest BCUT2D eigenvalue weighted by Crippen LogP contribution is 2.15. The van der Waals surface area contributed by atoms with E-state index in [0.29, 0.717) is 0 Å². The lowest BCUT2D eigenvalue weighted by Gasteiger charge is -2.15. The van der Waals surface area contributed by atoms with Crippen LogP contribution in [0.2, 0.25) is 0 Å². The summed E-state index contributed by atoms with van der Waals surface area (Å²) in [6, 6.07) is 6.44. The Hall–Kier alpha value is -1.55. The molecule has 0 aliphatic carbocycles. The molecule has 17 heavy (non-hydrogen) atoms. The summed E-state index contributed by atoms with van der Waals surface area (Å²) in [7, 11) is 0. The van der Waals surface area contributed by atoms with Crippen LogP contribution < -0.4 is 10.6 Å². The molecule has 92 valence electrons. The van der Waals surface area contributed by atoms with Gasteiger partial charge in [0.15, 0.2) is 0 Å². The lowest BCUT2D eigenvalue weighted by molar-refractivity contribution is -0.118. The van der Waals surface area contributed by atoms with Gasteiger partial charge in [-0.1, -0.05) is 12.8 Å². The van der Waals surface area contributed by atoms with Crippen molar-refractivity contribution in [1.82, 2.24) is 5.32 Å². The summed E-state index contributed by atoms with van der Waals surface area (Å²) >= 11 is 0. The van der Waals surface area contributed by atoms with Crippen LogP contribution in [0.4, 0.5) is 5.69 Å². The first kappa shape index (κ1) is 11.9. The van der Waals surface area contributed by atoms with Crippen LogP contribution >= 0.6 is 0 Å². The van der Waals surface area contributed by atoms with Gasteiger partial charge in [0.2, 0.25) is 5.91 Å².